The van der Waals surface area contributed by atoms with Gasteiger partial charge in [-0.25, -0.2) is 0 Å². The molecule has 0 nitrogen and oxygen atoms in total. The summed E-state index contributed by atoms with van der Waals surface area (Å²) in [6.07, 6.45) is 30.0. The fourth-order valence-corrected chi connectivity index (χ4v) is 2.35. The molecule has 0 aliphatic heterocycles. The van der Waals surface area contributed by atoms with Crippen molar-refractivity contribution >= 4 is 0 Å². The number of hydrogen-bond acceptors (Lipinski definition) is 0. The van der Waals surface area contributed by atoms with Crippen LogP contribution in [0.5, 0.6) is 0 Å². The lowest BCUT2D eigenvalue weighted by Crippen LogP contribution is -1.96. The van der Waals surface area contributed by atoms with Gasteiger partial charge in [-0.1, -0.05) is 91.5 Å². The van der Waals surface area contributed by atoms with Gasteiger partial charge in [0, 0.05) is 5.92 Å². The Labute approximate surface area is 156 Å². The highest BCUT2D eigenvalue weighted by molar-refractivity contribution is 5.24. The van der Waals surface area contributed by atoms with Gasteiger partial charge in [0.1, 0.15) is 0 Å². The fourth-order valence-electron chi connectivity index (χ4n) is 2.35. The number of rotatable bonds is 11. The Kier molecular flexibility index (Phi) is 14.2. The van der Waals surface area contributed by atoms with Crippen LogP contribution in [0.2, 0.25) is 0 Å². The number of allylic oxidation sites excluding steroid dienone is 15. The molecule has 0 aliphatic rings. The molecule has 0 heterocycles. The highest BCUT2D eigenvalue weighted by Gasteiger charge is 2.03. The molecule has 0 radical (unpaired) electrons. The largest absolute Gasteiger partial charge is 0.103 e. The molecular weight excluding hydrogens is 300 g/mol. The van der Waals surface area contributed by atoms with E-state index >= 15 is 0 Å². The Bertz CT molecular complexity index is 559. The van der Waals surface area contributed by atoms with E-state index in [4.69, 9.17) is 0 Å². The first-order chi connectivity index (χ1) is 12.1. The molecule has 0 amide bonds. The average Bonchev–Trinajstić information content (AvgIpc) is 2.60. The summed E-state index contributed by atoms with van der Waals surface area (Å²) in [4.78, 5) is 0. The van der Waals surface area contributed by atoms with Crippen molar-refractivity contribution in [1.82, 2.24) is 0 Å². The highest BCUT2D eigenvalue weighted by atomic mass is 14.1. The van der Waals surface area contributed by atoms with Crippen LogP contribution in [0.1, 0.15) is 47.5 Å². The van der Waals surface area contributed by atoms with E-state index in [9.17, 15) is 0 Å². The fraction of sp³-hybridized carbons (Fsp3) is 0.360. The summed E-state index contributed by atoms with van der Waals surface area (Å²) >= 11 is 0. The number of hydrogen-bond donors (Lipinski definition) is 0. The van der Waals surface area contributed by atoms with Gasteiger partial charge < -0.3 is 0 Å². The topological polar surface area (TPSA) is 0 Å². The van der Waals surface area contributed by atoms with Crippen LogP contribution in [0.25, 0.3) is 0 Å². The molecule has 0 aliphatic carbocycles. The lowest BCUT2D eigenvalue weighted by Gasteiger charge is -2.10. The van der Waals surface area contributed by atoms with Gasteiger partial charge in [0.05, 0.1) is 0 Å². The third-order valence-electron chi connectivity index (χ3n) is 3.98. The zero-order chi connectivity index (χ0) is 18.9. The quantitative estimate of drug-likeness (QED) is 0.265. The molecule has 0 spiro atoms. The lowest BCUT2D eigenvalue weighted by atomic mass is 9.95. The van der Waals surface area contributed by atoms with Crippen LogP contribution in [0, 0.1) is 11.8 Å². The summed E-state index contributed by atoms with van der Waals surface area (Å²) in [5.74, 6) is 0.870. The van der Waals surface area contributed by atoms with Crippen molar-refractivity contribution in [3.63, 3.8) is 0 Å². The molecule has 0 bridgehead atoms. The Morgan fingerprint density at radius 3 is 2.32 bits per heavy atom. The van der Waals surface area contributed by atoms with Crippen molar-refractivity contribution in [3.05, 3.63) is 96.7 Å². The summed E-state index contributed by atoms with van der Waals surface area (Å²) in [6, 6.07) is 0. The maximum absolute atomic E-state index is 3.85. The molecule has 136 valence electrons. The Balaban J connectivity index is 4.69. The third-order valence-corrected chi connectivity index (χ3v) is 3.98. The molecule has 0 saturated carbocycles. The van der Waals surface area contributed by atoms with E-state index < -0.39 is 0 Å². The Hall–Kier alpha value is -2.08. The van der Waals surface area contributed by atoms with Crippen molar-refractivity contribution in [2.24, 2.45) is 11.8 Å². The predicted molar refractivity (Wildman–Crippen MR) is 117 cm³/mol. The average molecular weight is 337 g/mol. The Morgan fingerprint density at radius 2 is 1.72 bits per heavy atom. The molecule has 0 saturated heterocycles. The minimum atomic E-state index is 0.415. The summed E-state index contributed by atoms with van der Waals surface area (Å²) in [5, 5.41) is 0. The molecule has 2 atom stereocenters. The highest BCUT2D eigenvalue weighted by Crippen LogP contribution is 2.17. The molecule has 0 aromatic heterocycles. The third kappa shape index (κ3) is 12.0. The van der Waals surface area contributed by atoms with Crippen LogP contribution < -0.4 is 0 Å². The summed E-state index contributed by atoms with van der Waals surface area (Å²) in [7, 11) is 0. The van der Waals surface area contributed by atoms with Crippen molar-refractivity contribution in [3.8, 4) is 0 Å². The van der Waals surface area contributed by atoms with Gasteiger partial charge >= 0.3 is 0 Å². The van der Waals surface area contributed by atoms with E-state index in [1.807, 2.05) is 19.1 Å². The van der Waals surface area contributed by atoms with E-state index in [1.165, 1.54) is 11.1 Å². The first-order valence-corrected chi connectivity index (χ1v) is 9.28. The van der Waals surface area contributed by atoms with Gasteiger partial charge in [0.15, 0.2) is 0 Å². The minimum Gasteiger partial charge on any atom is -0.103 e. The first kappa shape index (κ1) is 22.9. The smallest absolute Gasteiger partial charge is 0.00114 e. The minimum absolute atomic E-state index is 0.415. The molecule has 2 unspecified atom stereocenters. The second-order valence-electron chi connectivity index (χ2n) is 6.19. The van der Waals surface area contributed by atoms with E-state index in [1.54, 1.807) is 0 Å². The monoisotopic (exact) mass is 336 g/mol. The second-order valence-corrected chi connectivity index (χ2v) is 6.19. The SMILES string of the molecule is C=CCC(/C=C\C)/C(C)=C/C=C/C(C)/C=C\C(=C/C)C/C=C\C=C/C. The van der Waals surface area contributed by atoms with E-state index in [-0.39, 0.29) is 0 Å². The van der Waals surface area contributed by atoms with Gasteiger partial charge in [-0.2, -0.15) is 0 Å². The molecule has 0 rings (SSSR count). The molecule has 25 heavy (non-hydrogen) atoms. The molecular formula is C25H36. The second kappa shape index (κ2) is 15.4. The first-order valence-electron chi connectivity index (χ1n) is 9.28. The van der Waals surface area contributed by atoms with Crippen LogP contribution in [-0.4, -0.2) is 0 Å². The van der Waals surface area contributed by atoms with Crippen molar-refractivity contribution < 1.29 is 0 Å². The normalized spacial score (nSPS) is 16.8. The van der Waals surface area contributed by atoms with Crippen molar-refractivity contribution in [2.45, 2.75) is 47.5 Å². The molecule has 0 aromatic rings. The van der Waals surface area contributed by atoms with Gasteiger partial charge in [0.2, 0.25) is 0 Å². The van der Waals surface area contributed by atoms with E-state index in [2.05, 4.69) is 101 Å². The molecule has 0 N–H and O–H groups in total. The van der Waals surface area contributed by atoms with Crippen LogP contribution in [0.4, 0.5) is 0 Å². The van der Waals surface area contributed by atoms with Crippen molar-refractivity contribution in [1.29, 1.82) is 0 Å². The maximum Gasteiger partial charge on any atom is 0.00114 e. The van der Waals surface area contributed by atoms with Crippen LogP contribution >= 0.6 is 0 Å². The van der Waals surface area contributed by atoms with Gasteiger partial charge in [0.25, 0.3) is 0 Å². The molecule has 0 heteroatoms. The molecule has 0 fully saturated rings. The summed E-state index contributed by atoms with van der Waals surface area (Å²) in [6.45, 7) is 14.4. The Morgan fingerprint density at radius 1 is 0.960 bits per heavy atom. The summed E-state index contributed by atoms with van der Waals surface area (Å²) < 4.78 is 0. The van der Waals surface area contributed by atoms with Crippen LogP contribution in [-0.2, 0) is 0 Å². The van der Waals surface area contributed by atoms with E-state index in [0.29, 0.717) is 11.8 Å². The van der Waals surface area contributed by atoms with Gasteiger partial charge in [-0.05, 0) is 52.0 Å². The predicted octanol–water partition coefficient (Wildman–Crippen LogP) is 7.92. The molecule has 0 aromatic carbocycles. The maximum atomic E-state index is 3.85. The zero-order valence-corrected chi connectivity index (χ0v) is 16.8. The lowest BCUT2D eigenvalue weighted by molar-refractivity contribution is 0.774. The van der Waals surface area contributed by atoms with Crippen LogP contribution in [0.15, 0.2) is 96.7 Å². The summed E-state index contributed by atoms with van der Waals surface area (Å²) in [5.41, 5.74) is 2.71. The van der Waals surface area contributed by atoms with Crippen molar-refractivity contribution in [2.75, 3.05) is 0 Å². The standard InChI is InChI=1S/C25H36/c1-7-11-12-13-19-24(10-4)21-20-22(5)17-14-18-23(6)25(15-8-2)16-9-3/h7-14,16-18,20-22,25H,2,15,19H2,1,3-6H3/b11-7-,13-12-,16-9-,17-14+,21-20-,23-18+,24-10-. The van der Waals surface area contributed by atoms with Gasteiger partial charge in [-0.3, -0.25) is 0 Å². The zero-order valence-electron chi connectivity index (χ0n) is 16.8. The van der Waals surface area contributed by atoms with Crippen LogP contribution in [0.3, 0.4) is 0 Å². The van der Waals surface area contributed by atoms with E-state index in [0.717, 1.165) is 12.8 Å². The van der Waals surface area contributed by atoms with Gasteiger partial charge in [-0.15, -0.1) is 6.58 Å².